The first kappa shape index (κ1) is 20.7. The zero-order valence-corrected chi connectivity index (χ0v) is 18.5. The summed E-state index contributed by atoms with van der Waals surface area (Å²) < 4.78 is 1.97. The van der Waals surface area contributed by atoms with Gasteiger partial charge in [-0.15, -0.1) is 21.5 Å². The Bertz CT molecular complexity index is 1110. The monoisotopic (exact) mass is 454 g/mol. The van der Waals surface area contributed by atoms with E-state index in [9.17, 15) is 4.79 Å². The maximum Gasteiger partial charge on any atom is 0.233 e. The van der Waals surface area contributed by atoms with E-state index in [2.05, 4.69) is 15.5 Å². The third-order valence-electron chi connectivity index (χ3n) is 4.42. The molecule has 2 heterocycles. The molecule has 1 atom stereocenters. The summed E-state index contributed by atoms with van der Waals surface area (Å²) >= 11 is 9.05. The zero-order chi connectivity index (χ0) is 20.9. The Kier molecular flexibility index (Phi) is 6.52. The molecule has 0 saturated heterocycles. The van der Waals surface area contributed by atoms with E-state index in [1.54, 1.807) is 11.3 Å². The third-order valence-corrected chi connectivity index (χ3v) is 6.59. The third kappa shape index (κ3) is 4.75. The Morgan fingerprint density at radius 3 is 2.57 bits per heavy atom. The van der Waals surface area contributed by atoms with E-state index in [1.165, 1.54) is 11.8 Å². The van der Waals surface area contributed by atoms with Crippen molar-refractivity contribution in [1.82, 2.24) is 20.1 Å². The second-order valence-corrected chi connectivity index (χ2v) is 9.32. The summed E-state index contributed by atoms with van der Waals surface area (Å²) in [7, 11) is 0. The van der Waals surface area contributed by atoms with Crippen molar-refractivity contribution in [2.75, 3.05) is 0 Å². The molecule has 30 heavy (non-hydrogen) atoms. The van der Waals surface area contributed by atoms with E-state index in [1.807, 2.05) is 83.6 Å². The van der Waals surface area contributed by atoms with Crippen molar-refractivity contribution >= 4 is 40.6 Å². The topological polar surface area (TPSA) is 59.8 Å². The Morgan fingerprint density at radius 2 is 1.87 bits per heavy atom. The lowest BCUT2D eigenvalue weighted by Gasteiger charge is -2.14. The number of nitrogens with zero attached hydrogens (tertiary/aromatic N) is 3. The Morgan fingerprint density at radius 1 is 1.10 bits per heavy atom. The number of thioether (sulfide) groups is 1. The molecule has 5 nitrogen and oxygen atoms in total. The number of hydrogen-bond donors (Lipinski definition) is 1. The van der Waals surface area contributed by atoms with Crippen LogP contribution in [0, 0.1) is 0 Å². The normalized spacial score (nSPS) is 11.9. The number of amides is 1. The summed E-state index contributed by atoms with van der Waals surface area (Å²) in [5.41, 5.74) is 1.83. The van der Waals surface area contributed by atoms with Crippen LogP contribution in [-0.2, 0) is 11.3 Å². The average Bonchev–Trinajstić information content (AvgIpc) is 3.43. The summed E-state index contributed by atoms with van der Waals surface area (Å²) in [6.45, 7) is 2.41. The SMILES string of the molecule is CC(Sc1nnc(-c2ccc(Cl)cc2)n1-c1ccccc1)C(=O)NCc1cccs1. The number of hydrogen-bond acceptors (Lipinski definition) is 5. The number of carbonyl (C=O) groups is 1. The highest BCUT2D eigenvalue weighted by Crippen LogP contribution is 2.30. The van der Waals surface area contributed by atoms with Crippen molar-refractivity contribution in [3.63, 3.8) is 0 Å². The fourth-order valence-corrected chi connectivity index (χ4v) is 4.55. The highest BCUT2D eigenvalue weighted by molar-refractivity contribution is 8.00. The number of rotatable bonds is 7. The van der Waals surface area contributed by atoms with Crippen molar-refractivity contribution in [3.8, 4) is 17.1 Å². The highest BCUT2D eigenvalue weighted by atomic mass is 35.5. The Hall–Kier alpha value is -2.61. The minimum absolute atomic E-state index is 0.0379. The van der Waals surface area contributed by atoms with Gasteiger partial charge in [-0.05, 0) is 54.8 Å². The van der Waals surface area contributed by atoms with Crippen LogP contribution in [0.2, 0.25) is 5.02 Å². The van der Waals surface area contributed by atoms with Crippen LogP contribution >= 0.6 is 34.7 Å². The van der Waals surface area contributed by atoms with Gasteiger partial charge in [0, 0.05) is 21.2 Å². The first-order chi connectivity index (χ1) is 14.6. The molecule has 1 unspecified atom stereocenters. The molecule has 8 heteroatoms. The lowest BCUT2D eigenvalue weighted by Crippen LogP contribution is -2.30. The highest BCUT2D eigenvalue weighted by Gasteiger charge is 2.21. The van der Waals surface area contributed by atoms with Gasteiger partial charge in [-0.3, -0.25) is 9.36 Å². The molecule has 0 aliphatic heterocycles. The van der Waals surface area contributed by atoms with Crippen LogP contribution < -0.4 is 5.32 Å². The van der Waals surface area contributed by atoms with Gasteiger partial charge in [0.15, 0.2) is 11.0 Å². The average molecular weight is 455 g/mol. The Labute approximate surface area is 188 Å². The second-order valence-electron chi connectivity index (χ2n) is 6.54. The molecule has 2 aromatic heterocycles. The van der Waals surface area contributed by atoms with E-state index in [0.29, 0.717) is 22.5 Å². The summed E-state index contributed by atoms with van der Waals surface area (Å²) in [4.78, 5) is 13.7. The van der Waals surface area contributed by atoms with Gasteiger partial charge in [0.1, 0.15) is 0 Å². The lowest BCUT2D eigenvalue weighted by atomic mass is 10.2. The fraction of sp³-hybridized carbons (Fsp3) is 0.136. The predicted octanol–water partition coefficient (Wildman–Crippen LogP) is 5.45. The van der Waals surface area contributed by atoms with Crippen LogP contribution in [0.5, 0.6) is 0 Å². The molecule has 4 aromatic rings. The van der Waals surface area contributed by atoms with Gasteiger partial charge in [-0.1, -0.05) is 47.6 Å². The molecule has 0 bridgehead atoms. The van der Waals surface area contributed by atoms with E-state index in [-0.39, 0.29) is 11.2 Å². The molecular weight excluding hydrogens is 436 g/mol. The molecule has 4 rings (SSSR count). The van der Waals surface area contributed by atoms with E-state index in [0.717, 1.165) is 16.1 Å². The van der Waals surface area contributed by atoms with Gasteiger partial charge >= 0.3 is 0 Å². The summed E-state index contributed by atoms with van der Waals surface area (Å²) in [5.74, 6) is 0.663. The number of para-hydroxylation sites is 1. The van der Waals surface area contributed by atoms with Gasteiger partial charge in [0.2, 0.25) is 5.91 Å². The molecule has 0 saturated carbocycles. The minimum Gasteiger partial charge on any atom is -0.350 e. The molecule has 0 radical (unpaired) electrons. The van der Waals surface area contributed by atoms with Crippen LogP contribution in [0.15, 0.2) is 77.3 Å². The van der Waals surface area contributed by atoms with Crippen LogP contribution in [0.3, 0.4) is 0 Å². The summed E-state index contributed by atoms with van der Waals surface area (Å²) in [5, 5.41) is 14.8. The molecule has 1 amide bonds. The van der Waals surface area contributed by atoms with Crippen molar-refractivity contribution < 1.29 is 4.79 Å². The summed E-state index contributed by atoms with van der Waals surface area (Å²) in [6, 6.07) is 21.3. The molecule has 1 N–H and O–H groups in total. The molecule has 0 aliphatic carbocycles. The second kappa shape index (κ2) is 9.47. The van der Waals surface area contributed by atoms with Crippen molar-refractivity contribution in [1.29, 1.82) is 0 Å². The number of halogens is 1. The minimum atomic E-state index is -0.324. The van der Waals surface area contributed by atoms with Crippen molar-refractivity contribution in [2.24, 2.45) is 0 Å². The van der Waals surface area contributed by atoms with Gasteiger partial charge in [0.05, 0.1) is 11.8 Å². The smallest absolute Gasteiger partial charge is 0.233 e. The summed E-state index contributed by atoms with van der Waals surface area (Å²) in [6.07, 6.45) is 0. The van der Waals surface area contributed by atoms with Crippen LogP contribution in [-0.4, -0.2) is 25.9 Å². The lowest BCUT2D eigenvalue weighted by molar-refractivity contribution is -0.120. The van der Waals surface area contributed by atoms with Crippen molar-refractivity contribution in [3.05, 3.63) is 82.0 Å². The van der Waals surface area contributed by atoms with Gasteiger partial charge < -0.3 is 5.32 Å². The van der Waals surface area contributed by atoms with E-state index >= 15 is 0 Å². The van der Waals surface area contributed by atoms with E-state index in [4.69, 9.17) is 11.6 Å². The number of benzene rings is 2. The number of thiophene rings is 1. The molecular formula is C22H19ClN4OS2. The van der Waals surface area contributed by atoms with Crippen LogP contribution in [0.25, 0.3) is 17.1 Å². The van der Waals surface area contributed by atoms with Crippen LogP contribution in [0.1, 0.15) is 11.8 Å². The molecule has 152 valence electrons. The number of nitrogens with one attached hydrogen (secondary N) is 1. The van der Waals surface area contributed by atoms with E-state index < -0.39 is 0 Å². The van der Waals surface area contributed by atoms with Gasteiger partial charge in [-0.2, -0.15) is 0 Å². The van der Waals surface area contributed by atoms with Crippen LogP contribution in [0.4, 0.5) is 0 Å². The maximum absolute atomic E-state index is 12.6. The molecule has 0 spiro atoms. The Balaban J connectivity index is 1.59. The molecule has 0 fully saturated rings. The maximum atomic E-state index is 12.6. The zero-order valence-electron chi connectivity index (χ0n) is 16.2. The number of carbonyl (C=O) groups excluding carboxylic acids is 1. The first-order valence-electron chi connectivity index (χ1n) is 9.35. The molecule has 2 aromatic carbocycles. The quantitative estimate of drug-likeness (QED) is 0.377. The predicted molar refractivity (Wildman–Crippen MR) is 123 cm³/mol. The largest absolute Gasteiger partial charge is 0.350 e. The number of aromatic nitrogens is 3. The first-order valence-corrected chi connectivity index (χ1v) is 11.5. The van der Waals surface area contributed by atoms with Gasteiger partial charge in [0.25, 0.3) is 0 Å². The van der Waals surface area contributed by atoms with Gasteiger partial charge in [-0.25, -0.2) is 0 Å². The molecule has 0 aliphatic rings. The van der Waals surface area contributed by atoms with Crippen molar-refractivity contribution in [2.45, 2.75) is 23.9 Å². The standard InChI is InChI=1S/C22H19ClN4OS2/c1-15(21(28)24-14-19-8-5-13-29-19)30-22-26-25-20(16-9-11-17(23)12-10-16)27(22)18-6-3-2-4-7-18/h2-13,15H,14H2,1H3,(H,24,28). The fourth-order valence-electron chi connectivity index (χ4n) is 2.88.